The molecular weight excluding hydrogens is 156 g/mol. The van der Waals surface area contributed by atoms with Gasteiger partial charge in [-0.2, -0.15) is 0 Å². The van der Waals surface area contributed by atoms with Gasteiger partial charge in [-0.15, -0.1) is 0 Å². The van der Waals surface area contributed by atoms with Crippen molar-refractivity contribution in [2.24, 2.45) is 0 Å². The molecule has 2 nitrogen and oxygen atoms in total. The van der Waals surface area contributed by atoms with Crippen LogP contribution in [0.5, 0.6) is 0 Å². The summed E-state index contributed by atoms with van der Waals surface area (Å²) in [5, 5.41) is 0. The topological polar surface area (TPSA) is 18.5 Å². The van der Waals surface area contributed by atoms with E-state index in [1.165, 1.54) is 19.3 Å². The van der Waals surface area contributed by atoms with Gasteiger partial charge >= 0.3 is 9.28 Å². The molecule has 65 valence electrons. The minimum absolute atomic E-state index is 0.324. The average molecular weight is 173 g/mol. The molecule has 1 radical (unpaired) electrons. The molecule has 1 aliphatic carbocycles. The van der Waals surface area contributed by atoms with Crippen LogP contribution in [0, 0.1) is 0 Å². The normalized spacial score (nSPS) is 19.4. The quantitative estimate of drug-likeness (QED) is 0.606. The molecule has 0 amide bonds. The molecule has 0 aromatic heterocycles. The Bertz CT molecular complexity index is 113. The Kier molecular flexibility index (Phi) is 3.55. The summed E-state index contributed by atoms with van der Waals surface area (Å²) < 4.78 is 11.0. The highest BCUT2D eigenvalue weighted by Gasteiger charge is 2.32. The minimum Gasteiger partial charge on any atom is -0.397 e. The highest BCUT2D eigenvalue weighted by molar-refractivity contribution is 6.46. The predicted molar refractivity (Wildman–Crippen MR) is 46.6 cm³/mol. The highest BCUT2D eigenvalue weighted by Crippen LogP contribution is 2.35. The third kappa shape index (κ3) is 2.58. The molecule has 0 aromatic rings. The standard InChI is InChI=1S/C8H17O2Si/c1-7(2)10-11(9-3)8-5-4-6-8/h7-8H,4-6H2,1-3H3. The minimum atomic E-state index is -0.925. The maximum atomic E-state index is 5.68. The smallest absolute Gasteiger partial charge is 0.387 e. The second-order valence-electron chi connectivity index (χ2n) is 3.32. The summed E-state index contributed by atoms with van der Waals surface area (Å²) in [6.45, 7) is 4.14. The predicted octanol–water partition coefficient (Wildman–Crippen LogP) is 2.10. The van der Waals surface area contributed by atoms with E-state index in [1.807, 2.05) is 0 Å². The van der Waals surface area contributed by atoms with Crippen LogP contribution in [0.25, 0.3) is 0 Å². The van der Waals surface area contributed by atoms with Crippen molar-refractivity contribution in [2.45, 2.75) is 44.8 Å². The van der Waals surface area contributed by atoms with Crippen molar-refractivity contribution in [2.75, 3.05) is 7.11 Å². The van der Waals surface area contributed by atoms with Crippen LogP contribution < -0.4 is 0 Å². The first kappa shape index (κ1) is 9.23. The molecule has 0 aliphatic heterocycles. The molecule has 0 N–H and O–H groups in total. The molecule has 1 aliphatic rings. The van der Waals surface area contributed by atoms with Crippen molar-refractivity contribution in [3.8, 4) is 0 Å². The van der Waals surface area contributed by atoms with E-state index >= 15 is 0 Å². The molecule has 0 heterocycles. The van der Waals surface area contributed by atoms with Gasteiger partial charge in [-0.1, -0.05) is 6.42 Å². The third-order valence-corrected chi connectivity index (χ3v) is 4.34. The molecule has 1 fully saturated rings. The monoisotopic (exact) mass is 173 g/mol. The van der Waals surface area contributed by atoms with E-state index < -0.39 is 9.28 Å². The summed E-state index contributed by atoms with van der Waals surface area (Å²) in [5.41, 5.74) is 0.757. The Hall–Kier alpha value is 0.137. The zero-order valence-corrected chi connectivity index (χ0v) is 8.59. The van der Waals surface area contributed by atoms with Gasteiger partial charge in [-0.3, -0.25) is 0 Å². The van der Waals surface area contributed by atoms with Crippen LogP contribution >= 0.6 is 0 Å². The highest BCUT2D eigenvalue weighted by atomic mass is 28.3. The summed E-state index contributed by atoms with van der Waals surface area (Å²) >= 11 is 0. The lowest BCUT2D eigenvalue weighted by Crippen LogP contribution is -2.33. The first-order chi connectivity index (χ1) is 5.24. The molecular formula is C8H17O2Si. The lowest BCUT2D eigenvalue weighted by atomic mass is 10.00. The van der Waals surface area contributed by atoms with Crippen molar-refractivity contribution < 1.29 is 8.85 Å². The van der Waals surface area contributed by atoms with Gasteiger partial charge in [0, 0.05) is 18.8 Å². The summed E-state index contributed by atoms with van der Waals surface area (Å²) in [6.07, 6.45) is 4.32. The average Bonchev–Trinajstić information content (AvgIpc) is 1.81. The molecule has 3 heteroatoms. The summed E-state index contributed by atoms with van der Waals surface area (Å²) in [4.78, 5) is 0. The van der Waals surface area contributed by atoms with E-state index in [0.29, 0.717) is 6.10 Å². The second kappa shape index (κ2) is 4.23. The fourth-order valence-corrected chi connectivity index (χ4v) is 3.15. The molecule has 1 saturated carbocycles. The van der Waals surface area contributed by atoms with Crippen LogP contribution in [0.4, 0.5) is 0 Å². The Morgan fingerprint density at radius 1 is 1.36 bits per heavy atom. The Balaban J connectivity index is 2.23. The van der Waals surface area contributed by atoms with E-state index in [1.54, 1.807) is 7.11 Å². The molecule has 1 rings (SSSR count). The lowest BCUT2D eigenvalue weighted by Gasteiger charge is -2.30. The van der Waals surface area contributed by atoms with Crippen LogP contribution in [0.15, 0.2) is 0 Å². The van der Waals surface area contributed by atoms with Gasteiger partial charge in [0.2, 0.25) is 0 Å². The van der Waals surface area contributed by atoms with Crippen LogP contribution in [0.1, 0.15) is 33.1 Å². The van der Waals surface area contributed by atoms with Gasteiger partial charge in [-0.05, 0) is 26.7 Å². The van der Waals surface area contributed by atoms with Gasteiger partial charge in [0.15, 0.2) is 0 Å². The summed E-state index contributed by atoms with van der Waals surface area (Å²) in [5.74, 6) is 0. The van der Waals surface area contributed by atoms with E-state index in [2.05, 4.69) is 13.8 Å². The van der Waals surface area contributed by atoms with E-state index in [0.717, 1.165) is 5.54 Å². The molecule has 0 unspecified atom stereocenters. The molecule has 0 saturated heterocycles. The molecule has 0 bridgehead atoms. The van der Waals surface area contributed by atoms with Crippen LogP contribution in [0.2, 0.25) is 5.54 Å². The third-order valence-electron chi connectivity index (χ3n) is 1.99. The van der Waals surface area contributed by atoms with Crippen LogP contribution in [-0.4, -0.2) is 22.5 Å². The van der Waals surface area contributed by atoms with Gasteiger partial charge in [0.25, 0.3) is 0 Å². The van der Waals surface area contributed by atoms with Crippen molar-refractivity contribution in [3.05, 3.63) is 0 Å². The van der Waals surface area contributed by atoms with Gasteiger partial charge in [0.1, 0.15) is 0 Å². The van der Waals surface area contributed by atoms with Crippen molar-refractivity contribution in [3.63, 3.8) is 0 Å². The Labute approximate surface area is 70.7 Å². The molecule has 0 spiro atoms. The largest absolute Gasteiger partial charge is 0.397 e. The van der Waals surface area contributed by atoms with Crippen LogP contribution in [0.3, 0.4) is 0 Å². The number of hydrogen-bond donors (Lipinski definition) is 0. The SMILES string of the molecule is CO[Si](OC(C)C)C1CCC1. The Morgan fingerprint density at radius 3 is 2.27 bits per heavy atom. The fourth-order valence-electron chi connectivity index (χ4n) is 1.19. The zero-order valence-electron chi connectivity index (χ0n) is 7.59. The number of hydrogen-bond acceptors (Lipinski definition) is 2. The first-order valence-electron chi connectivity index (χ1n) is 4.31. The zero-order chi connectivity index (χ0) is 8.27. The summed E-state index contributed by atoms with van der Waals surface area (Å²) in [6, 6.07) is 0. The van der Waals surface area contributed by atoms with Gasteiger partial charge < -0.3 is 8.85 Å². The summed E-state index contributed by atoms with van der Waals surface area (Å²) in [7, 11) is 0.848. The Morgan fingerprint density at radius 2 is 2.00 bits per heavy atom. The molecule has 11 heavy (non-hydrogen) atoms. The van der Waals surface area contributed by atoms with Crippen LogP contribution in [-0.2, 0) is 8.85 Å². The second-order valence-corrected chi connectivity index (χ2v) is 5.42. The number of rotatable bonds is 4. The molecule has 0 aromatic carbocycles. The van der Waals surface area contributed by atoms with E-state index in [4.69, 9.17) is 8.85 Å². The molecule has 0 atom stereocenters. The fraction of sp³-hybridized carbons (Fsp3) is 1.00. The van der Waals surface area contributed by atoms with Gasteiger partial charge in [0.05, 0.1) is 0 Å². The van der Waals surface area contributed by atoms with E-state index in [-0.39, 0.29) is 0 Å². The van der Waals surface area contributed by atoms with Crippen molar-refractivity contribution in [1.82, 2.24) is 0 Å². The van der Waals surface area contributed by atoms with Gasteiger partial charge in [-0.25, -0.2) is 0 Å². The van der Waals surface area contributed by atoms with Crippen molar-refractivity contribution in [1.29, 1.82) is 0 Å². The maximum Gasteiger partial charge on any atom is 0.387 e. The maximum absolute atomic E-state index is 5.68. The van der Waals surface area contributed by atoms with Crippen molar-refractivity contribution >= 4 is 9.28 Å². The first-order valence-corrected chi connectivity index (χ1v) is 5.71. The van der Waals surface area contributed by atoms with E-state index in [9.17, 15) is 0 Å². The lowest BCUT2D eigenvalue weighted by molar-refractivity contribution is 0.160.